The Labute approximate surface area is 464 Å². The number of nitrogens with zero attached hydrogens (tertiary/aromatic N) is 4. The number of hydrogen-bond donors (Lipinski definition) is 6. The maximum absolute atomic E-state index is 15.4. The first kappa shape index (κ1) is 57.4. The number of pyridine rings is 2. The van der Waals surface area contributed by atoms with E-state index in [0.717, 1.165) is 32.5 Å². The largest absolute Gasteiger partial charge is 0.458 e. The number of benzene rings is 2. The Kier molecular flexibility index (Phi) is 17.7. The van der Waals surface area contributed by atoms with Crippen molar-refractivity contribution in [2.75, 3.05) is 32.9 Å². The Morgan fingerprint density at radius 3 is 2.31 bits per heavy atom. The second-order valence-corrected chi connectivity index (χ2v) is 21.0. The third-order valence-corrected chi connectivity index (χ3v) is 15.9. The van der Waals surface area contributed by atoms with Crippen LogP contribution >= 0.6 is 0 Å². The number of imide groups is 1. The fraction of sp³-hybridized carbons (Fsp3) is 0.448. The lowest BCUT2D eigenvalue weighted by Gasteiger charge is -2.31. The van der Waals surface area contributed by atoms with Crippen molar-refractivity contribution in [1.82, 2.24) is 41.0 Å². The standard InChI is InChI=1S/C58H64FN9O13/c1-3-58(79)40-23-44-53-38(29-68(44)56(77)39(40)30-80-57(58)78)51-35(15-18-37-32(2)41(59)24-42(66-53)52(37)51)25-62-54(75)34-13-16-36(17-14-34)81-31-64-47(71)27-63-55(76)43(22-33-10-6-4-7-11-33)65-48(72)28-61-46(70)26-60-45(69)12-8-5-9-21-67-49(73)19-20-50(67)74/h4,6-7,10-11,19-20,23-25,34-36,43,79H,3,5,8-9,12-18,21-22,26-31H2,1-2H3,(H,60,69)(H,61,70)(H,63,76)(H,64,71)(H,65,72)/b62-25-/t34-,35?,36+,43-,58-/m0/s1. The number of ether oxygens (including phenoxy) is 2. The number of esters is 1. The molecule has 1 saturated carbocycles. The second kappa shape index (κ2) is 25.0. The van der Waals surface area contributed by atoms with Gasteiger partial charge in [-0.25, -0.2) is 19.2 Å². The number of halogens is 1. The minimum Gasteiger partial charge on any atom is -0.458 e. The molecule has 0 saturated heterocycles. The van der Waals surface area contributed by atoms with Crippen LogP contribution in [0, 0.1) is 18.7 Å². The van der Waals surface area contributed by atoms with Gasteiger partial charge in [0.25, 0.3) is 17.4 Å². The van der Waals surface area contributed by atoms with Crippen LogP contribution in [0.1, 0.15) is 116 Å². The summed E-state index contributed by atoms with van der Waals surface area (Å²) in [6, 6.07) is 10.7. The van der Waals surface area contributed by atoms with E-state index in [9.17, 15) is 53.1 Å². The van der Waals surface area contributed by atoms with E-state index in [1.807, 2.05) is 0 Å². The number of carbonyl (C=O) groups is 9. The summed E-state index contributed by atoms with van der Waals surface area (Å²) in [6.45, 7) is 1.98. The van der Waals surface area contributed by atoms with Crippen LogP contribution in [0.3, 0.4) is 0 Å². The molecule has 0 radical (unpaired) electrons. The number of carbonyl (C=O) groups excluding carboxylic acids is 9. The molecule has 2 aliphatic carbocycles. The summed E-state index contributed by atoms with van der Waals surface area (Å²) in [5, 5.41) is 24.8. The van der Waals surface area contributed by atoms with Gasteiger partial charge in [0.1, 0.15) is 25.2 Å². The number of aromatic nitrogens is 2. The number of nitrogens with one attached hydrogen (secondary N) is 5. The molecule has 1 unspecified atom stereocenters. The highest BCUT2D eigenvalue weighted by Crippen LogP contribution is 2.46. The molecule has 426 valence electrons. The highest BCUT2D eigenvalue weighted by atomic mass is 19.1. The van der Waals surface area contributed by atoms with Gasteiger partial charge in [-0.15, -0.1) is 0 Å². The quantitative estimate of drug-likeness (QED) is 0.0191. The van der Waals surface area contributed by atoms with Crippen molar-refractivity contribution in [3.05, 3.63) is 110 Å². The number of unbranched alkanes of at least 4 members (excludes halogenated alkanes) is 2. The normalized spacial score (nSPS) is 20.1. The molecule has 23 heteroatoms. The van der Waals surface area contributed by atoms with Gasteiger partial charge >= 0.3 is 5.97 Å². The molecule has 0 bridgehead atoms. The van der Waals surface area contributed by atoms with Crippen molar-refractivity contribution in [2.45, 2.75) is 128 Å². The smallest absolute Gasteiger partial charge is 0.343 e. The fourth-order valence-corrected chi connectivity index (χ4v) is 11.3. The van der Waals surface area contributed by atoms with E-state index >= 15 is 4.39 Å². The molecule has 6 N–H and O–H groups in total. The minimum absolute atomic E-state index is 0.0203. The number of cyclic esters (lactones) is 1. The Morgan fingerprint density at radius 1 is 0.864 bits per heavy atom. The van der Waals surface area contributed by atoms with Gasteiger partial charge in [0.2, 0.25) is 35.4 Å². The minimum atomic E-state index is -2.02. The van der Waals surface area contributed by atoms with Crippen LogP contribution in [0.15, 0.2) is 64.4 Å². The van der Waals surface area contributed by atoms with E-state index in [4.69, 9.17) is 14.5 Å². The van der Waals surface area contributed by atoms with Crippen molar-refractivity contribution in [3.63, 3.8) is 0 Å². The number of aliphatic imine (C=N–C) groups is 1. The topological polar surface area (TPSA) is 303 Å². The number of aliphatic hydroxyl groups is 1. The highest BCUT2D eigenvalue weighted by molar-refractivity contribution is 6.12. The first-order valence-corrected chi connectivity index (χ1v) is 27.4. The summed E-state index contributed by atoms with van der Waals surface area (Å²) in [5.74, 6) is -5.95. The summed E-state index contributed by atoms with van der Waals surface area (Å²) >= 11 is 0. The summed E-state index contributed by atoms with van der Waals surface area (Å²) in [4.78, 5) is 138. The molecule has 22 nitrogen and oxygen atoms in total. The number of hydrogen-bond acceptors (Lipinski definition) is 14. The molecule has 3 aliphatic heterocycles. The Hall–Kier alpha value is -8.31. The number of aryl methyl sites for hydroxylation is 1. The maximum Gasteiger partial charge on any atom is 0.343 e. The summed E-state index contributed by atoms with van der Waals surface area (Å²) in [6.07, 6.45) is 8.59. The van der Waals surface area contributed by atoms with Gasteiger partial charge in [-0.1, -0.05) is 43.7 Å². The maximum atomic E-state index is 15.4. The van der Waals surface area contributed by atoms with Crippen LogP contribution in [0.5, 0.6) is 0 Å². The Balaban J connectivity index is 0.720. The fourth-order valence-electron chi connectivity index (χ4n) is 11.3. The van der Waals surface area contributed by atoms with Gasteiger partial charge in [0.05, 0.1) is 54.8 Å². The number of amides is 8. The van der Waals surface area contributed by atoms with Gasteiger partial charge in [0.15, 0.2) is 5.60 Å². The van der Waals surface area contributed by atoms with Crippen LogP contribution in [0.4, 0.5) is 4.39 Å². The average Bonchev–Trinajstić information content (AvgIpc) is 4.14. The van der Waals surface area contributed by atoms with E-state index in [1.165, 1.54) is 22.8 Å². The predicted molar refractivity (Wildman–Crippen MR) is 289 cm³/mol. The SMILES string of the molecule is CC[C@@]1(O)C(=O)OCc2c1cc1n(c2=O)Cc2c-1nc1cc(F)c(C)c3c1c2C(/C=N\C(=O)[C@H]1CC[C@@H](OCNC(=O)CNC(=O)[C@H](Cc2ccccc2)NC(=O)CNC(=O)CNC(=O)CCCCCN2C(=O)C=CC2=O)CC1)CC3. The number of fused-ring (bicyclic) bond motifs is 5. The molecular weight excluding hydrogens is 1050 g/mol. The van der Waals surface area contributed by atoms with Gasteiger partial charge in [-0.2, -0.15) is 0 Å². The van der Waals surface area contributed by atoms with E-state index < -0.39 is 65.7 Å². The molecule has 9 rings (SSSR count). The predicted octanol–water partition coefficient (Wildman–Crippen LogP) is 2.36. The van der Waals surface area contributed by atoms with Crippen LogP contribution in [-0.4, -0.2) is 124 Å². The van der Waals surface area contributed by atoms with Crippen molar-refractivity contribution in [2.24, 2.45) is 10.9 Å². The average molecular weight is 1110 g/mol. The molecule has 4 aromatic rings. The van der Waals surface area contributed by atoms with E-state index in [1.54, 1.807) is 56.5 Å². The zero-order valence-electron chi connectivity index (χ0n) is 45.0. The summed E-state index contributed by atoms with van der Waals surface area (Å²) < 4.78 is 28.2. The zero-order chi connectivity index (χ0) is 57.5. The molecule has 3 atom stereocenters. The molecule has 2 aromatic heterocycles. The van der Waals surface area contributed by atoms with Gasteiger partial charge < -0.3 is 45.7 Å². The number of rotatable bonds is 22. The van der Waals surface area contributed by atoms with E-state index in [-0.39, 0.29) is 105 Å². The van der Waals surface area contributed by atoms with Gasteiger partial charge in [-0.05, 0) is 93.0 Å². The highest BCUT2D eigenvalue weighted by Gasteiger charge is 2.46. The van der Waals surface area contributed by atoms with Crippen molar-refractivity contribution in [3.8, 4) is 11.4 Å². The van der Waals surface area contributed by atoms with Crippen molar-refractivity contribution < 1.29 is 62.1 Å². The third-order valence-electron chi connectivity index (χ3n) is 15.9. The third kappa shape index (κ3) is 12.7. The van der Waals surface area contributed by atoms with Crippen LogP contribution in [0.2, 0.25) is 0 Å². The van der Waals surface area contributed by atoms with Gasteiger partial charge in [0, 0.05) is 72.2 Å². The van der Waals surface area contributed by atoms with Crippen LogP contribution in [-0.2, 0) is 84.2 Å². The summed E-state index contributed by atoms with van der Waals surface area (Å²) in [5.41, 5.74) is 2.69. The lowest BCUT2D eigenvalue weighted by molar-refractivity contribution is -0.172. The zero-order valence-corrected chi connectivity index (χ0v) is 45.0. The van der Waals surface area contributed by atoms with Crippen molar-refractivity contribution >= 4 is 70.3 Å². The molecule has 81 heavy (non-hydrogen) atoms. The monoisotopic (exact) mass is 1110 g/mol. The molecule has 1 fully saturated rings. The molecule has 5 aliphatic rings. The molecular formula is C58H64FN9O13. The first-order valence-electron chi connectivity index (χ1n) is 27.4. The van der Waals surface area contributed by atoms with Gasteiger partial charge in [-0.3, -0.25) is 48.1 Å². The van der Waals surface area contributed by atoms with E-state index in [0.29, 0.717) is 80.3 Å². The van der Waals surface area contributed by atoms with E-state index in [2.05, 4.69) is 31.6 Å². The molecule has 2 aromatic carbocycles. The second-order valence-electron chi connectivity index (χ2n) is 21.0. The molecule has 0 spiro atoms. The lowest BCUT2D eigenvalue weighted by atomic mass is 9.78. The summed E-state index contributed by atoms with van der Waals surface area (Å²) in [7, 11) is 0. The Morgan fingerprint density at radius 2 is 1.57 bits per heavy atom. The van der Waals surface area contributed by atoms with Crippen molar-refractivity contribution in [1.29, 1.82) is 0 Å². The molecule has 5 heterocycles. The Bertz CT molecular complexity index is 3320. The lowest BCUT2D eigenvalue weighted by Crippen LogP contribution is -2.52. The first-order chi connectivity index (χ1) is 38.9. The van der Waals surface area contributed by atoms with Crippen LogP contribution in [0.25, 0.3) is 22.3 Å². The molecule has 8 amide bonds. The van der Waals surface area contributed by atoms with Crippen LogP contribution < -0.4 is 32.1 Å².